The number of carbonyl (C=O) groups excluding carboxylic acids is 1. The van der Waals surface area contributed by atoms with E-state index < -0.39 is 10.0 Å². The molecule has 2 aliphatic rings. The fourth-order valence-corrected chi connectivity index (χ4v) is 5.13. The number of para-hydroxylation sites is 2. The molecule has 166 valence electrons. The number of anilines is 1. The number of nitrogens with zero attached hydrogens (tertiary/aromatic N) is 2. The molecule has 31 heavy (non-hydrogen) atoms. The fraction of sp³-hybridized carbons (Fsp3) is 0.435. The lowest BCUT2D eigenvalue weighted by Gasteiger charge is -2.36. The van der Waals surface area contributed by atoms with Crippen LogP contribution in [0.3, 0.4) is 0 Å². The summed E-state index contributed by atoms with van der Waals surface area (Å²) in [5, 5.41) is 0. The van der Waals surface area contributed by atoms with Crippen LogP contribution in [0.15, 0.2) is 53.4 Å². The van der Waals surface area contributed by atoms with Crippen molar-refractivity contribution in [1.82, 2.24) is 9.62 Å². The van der Waals surface area contributed by atoms with Crippen LogP contribution in [0, 0.1) is 0 Å². The molecular formula is C23H29N3O4S. The van der Waals surface area contributed by atoms with Gasteiger partial charge in [-0.05, 0) is 49.1 Å². The van der Waals surface area contributed by atoms with Gasteiger partial charge >= 0.3 is 0 Å². The van der Waals surface area contributed by atoms with E-state index in [1.165, 1.54) is 0 Å². The number of hydrogen-bond acceptors (Lipinski definition) is 5. The first-order valence-electron chi connectivity index (χ1n) is 10.7. The highest BCUT2D eigenvalue weighted by Gasteiger charge is 2.28. The number of hydrogen-bond donors (Lipinski definition) is 1. The van der Waals surface area contributed by atoms with Gasteiger partial charge in [-0.2, -0.15) is 0 Å². The SMILES string of the molecule is COc1ccccc1N1CCN(C(=O)CCc2ccc(S(=O)(=O)NC3CC3)cc2)CC1. The van der Waals surface area contributed by atoms with Gasteiger partial charge in [0, 0.05) is 38.6 Å². The lowest BCUT2D eigenvalue weighted by Crippen LogP contribution is -2.48. The van der Waals surface area contributed by atoms with Gasteiger partial charge in [0.15, 0.2) is 0 Å². The molecule has 1 heterocycles. The van der Waals surface area contributed by atoms with Gasteiger partial charge in [-0.15, -0.1) is 0 Å². The first-order valence-corrected chi connectivity index (χ1v) is 12.2. The number of methoxy groups -OCH3 is 1. The van der Waals surface area contributed by atoms with E-state index in [1.54, 1.807) is 31.4 Å². The predicted octanol–water partition coefficient (Wildman–Crippen LogP) is 2.42. The molecular weight excluding hydrogens is 414 g/mol. The minimum atomic E-state index is -3.43. The molecule has 0 spiro atoms. The quantitative estimate of drug-likeness (QED) is 0.678. The number of aryl methyl sites for hydroxylation is 1. The van der Waals surface area contributed by atoms with Crippen molar-refractivity contribution >= 4 is 21.6 Å². The highest BCUT2D eigenvalue weighted by atomic mass is 32.2. The maximum atomic E-state index is 12.7. The number of benzene rings is 2. The standard InChI is InChI=1S/C23H29N3O4S/c1-30-22-5-3-2-4-21(22)25-14-16-26(17-15-25)23(27)13-8-18-6-11-20(12-7-18)31(28,29)24-19-9-10-19/h2-7,11-12,19,24H,8-10,13-17H2,1H3. The first-order chi connectivity index (χ1) is 15.0. The lowest BCUT2D eigenvalue weighted by molar-refractivity contribution is -0.131. The molecule has 0 aromatic heterocycles. The van der Waals surface area contributed by atoms with Gasteiger partial charge in [0.25, 0.3) is 0 Å². The van der Waals surface area contributed by atoms with Crippen LogP contribution in [-0.4, -0.2) is 58.6 Å². The summed E-state index contributed by atoms with van der Waals surface area (Å²) < 4.78 is 32.6. The second-order valence-corrected chi connectivity index (χ2v) is 9.79. The third-order valence-electron chi connectivity index (χ3n) is 5.82. The van der Waals surface area contributed by atoms with E-state index in [1.807, 2.05) is 29.2 Å². The molecule has 2 aromatic rings. The zero-order chi connectivity index (χ0) is 21.8. The van der Waals surface area contributed by atoms with E-state index >= 15 is 0 Å². The van der Waals surface area contributed by atoms with E-state index in [4.69, 9.17) is 4.74 Å². The zero-order valence-corrected chi connectivity index (χ0v) is 18.6. The summed E-state index contributed by atoms with van der Waals surface area (Å²) in [6.45, 7) is 2.90. The number of ether oxygens (including phenoxy) is 1. The van der Waals surface area contributed by atoms with Crippen molar-refractivity contribution < 1.29 is 17.9 Å². The van der Waals surface area contributed by atoms with E-state index in [9.17, 15) is 13.2 Å². The molecule has 7 nitrogen and oxygen atoms in total. The van der Waals surface area contributed by atoms with Gasteiger partial charge in [-0.1, -0.05) is 24.3 Å². The summed E-state index contributed by atoms with van der Waals surface area (Å²) in [7, 11) is -1.76. The van der Waals surface area contributed by atoms with Crippen LogP contribution in [0.1, 0.15) is 24.8 Å². The molecule has 1 aliphatic carbocycles. The second-order valence-electron chi connectivity index (χ2n) is 8.08. The smallest absolute Gasteiger partial charge is 0.240 e. The lowest BCUT2D eigenvalue weighted by atomic mass is 10.1. The van der Waals surface area contributed by atoms with Crippen LogP contribution in [0.4, 0.5) is 5.69 Å². The summed E-state index contributed by atoms with van der Waals surface area (Å²) in [6.07, 6.45) is 2.84. The molecule has 1 N–H and O–H groups in total. The van der Waals surface area contributed by atoms with Crippen molar-refractivity contribution in [1.29, 1.82) is 0 Å². The van der Waals surface area contributed by atoms with Crippen LogP contribution in [-0.2, 0) is 21.2 Å². The Kier molecular flexibility index (Phi) is 6.48. The van der Waals surface area contributed by atoms with Crippen LogP contribution in [0.5, 0.6) is 5.75 Å². The van der Waals surface area contributed by atoms with Crippen molar-refractivity contribution in [3.05, 3.63) is 54.1 Å². The van der Waals surface area contributed by atoms with Crippen molar-refractivity contribution in [2.24, 2.45) is 0 Å². The Hall–Kier alpha value is -2.58. The average molecular weight is 444 g/mol. The van der Waals surface area contributed by atoms with Gasteiger partial charge in [-0.25, -0.2) is 13.1 Å². The highest BCUT2D eigenvalue weighted by molar-refractivity contribution is 7.89. The minimum absolute atomic E-state index is 0.0887. The topological polar surface area (TPSA) is 79.0 Å². The summed E-state index contributed by atoms with van der Waals surface area (Å²) in [4.78, 5) is 17.1. The Labute approximate surface area is 184 Å². The largest absolute Gasteiger partial charge is 0.495 e. The number of rotatable bonds is 8. The Balaban J connectivity index is 1.27. The maximum absolute atomic E-state index is 12.7. The number of carbonyl (C=O) groups is 1. The molecule has 0 radical (unpaired) electrons. The zero-order valence-electron chi connectivity index (χ0n) is 17.8. The van der Waals surface area contributed by atoms with Crippen molar-refractivity contribution in [2.45, 2.75) is 36.6 Å². The third kappa shape index (κ3) is 5.37. The summed E-state index contributed by atoms with van der Waals surface area (Å²) in [6, 6.07) is 14.9. The number of piperazine rings is 1. The van der Waals surface area contributed by atoms with Crippen molar-refractivity contribution in [3.8, 4) is 5.75 Å². The molecule has 1 amide bonds. The first kappa shape index (κ1) is 21.6. The maximum Gasteiger partial charge on any atom is 0.240 e. The van der Waals surface area contributed by atoms with Crippen LogP contribution in [0.2, 0.25) is 0 Å². The van der Waals surface area contributed by atoms with Crippen LogP contribution in [0.25, 0.3) is 0 Å². The van der Waals surface area contributed by atoms with Crippen LogP contribution >= 0.6 is 0 Å². The molecule has 2 fully saturated rings. The molecule has 0 bridgehead atoms. The molecule has 0 atom stereocenters. The average Bonchev–Trinajstić information content (AvgIpc) is 3.61. The molecule has 4 rings (SSSR count). The van der Waals surface area contributed by atoms with Gasteiger partial charge < -0.3 is 14.5 Å². The van der Waals surface area contributed by atoms with Crippen LogP contribution < -0.4 is 14.4 Å². The van der Waals surface area contributed by atoms with Gasteiger partial charge in [0.05, 0.1) is 17.7 Å². The van der Waals surface area contributed by atoms with E-state index in [0.29, 0.717) is 25.9 Å². The molecule has 2 aromatic carbocycles. The molecule has 1 aliphatic heterocycles. The van der Waals surface area contributed by atoms with Gasteiger partial charge in [0.2, 0.25) is 15.9 Å². The van der Waals surface area contributed by atoms with E-state index in [-0.39, 0.29) is 16.8 Å². The normalized spacial score (nSPS) is 16.9. The third-order valence-corrected chi connectivity index (χ3v) is 7.35. The number of nitrogens with one attached hydrogen (secondary N) is 1. The summed E-state index contributed by atoms with van der Waals surface area (Å²) in [5.41, 5.74) is 2.02. The summed E-state index contributed by atoms with van der Waals surface area (Å²) in [5.74, 6) is 0.979. The van der Waals surface area contributed by atoms with Gasteiger partial charge in [-0.3, -0.25) is 4.79 Å². The Morgan fingerprint density at radius 1 is 1.03 bits per heavy atom. The molecule has 8 heteroatoms. The monoisotopic (exact) mass is 443 g/mol. The predicted molar refractivity (Wildman–Crippen MR) is 120 cm³/mol. The molecule has 1 saturated heterocycles. The second kappa shape index (κ2) is 9.28. The molecule has 0 unspecified atom stereocenters. The van der Waals surface area contributed by atoms with E-state index in [2.05, 4.69) is 9.62 Å². The Bertz CT molecular complexity index is 1010. The van der Waals surface area contributed by atoms with Crippen molar-refractivity contribution in [2.75, 3.05) is 38.2 Å². The minimum Gasteiger partial charge on any atom is -0.495 e. The molecule has 1 saturated carbocycles. The van der Waals surface area contributed by atoms with E-state index in [0.717, 1.165) is 42.9 Å². The Morgan fingerprint density at radius 2 is 1.71 bits per heavy atom. The van der Waals surface area contributed by atoms with Crippen molar-refractivity contribution in [3.63, 3.8) is 0 Å². The number of sulfonamides is 1. The fourth-order valence-electron chi connectivity index (χ4n) is 3.82. The Morgan fingerprint density at radius 3 is 2.35 bits per heavy atom. The number of amides is 1. The van der Waals surface area contributed by atoms with Gasteiger partial charge in [0.1, 0.15) is 5.75 Å². The summed E-state index contributed by atoms with van der Waals surface area (Å²) >= 11 is 0. The highest BCUT2D eigenvalue weighted by Crippen LogP contribution is 2.28.